The minimum Gasteiger partial charge on any atom is -0.271 e. The van der Waals surface area contributed by atoms with E-state index in [4.69, 9.17) is 5.84 Å². The van der Waals surface area contributed by atoms with E-state index in [2.05, 4.69) is 68.7 Å². The molecule has 2 aromatic rings. The van der Waals surface area contributed by atoms with Crippen LogP contribution in [0.15, 0.2) is 42.5 Å². The van der Waals surface area contributed by atoms with Crippen molar-refractivity contribution in [2.45, 2.75) is 39.7 Å². The first kappa shape index (κ1) is 14.8. The highest BCUT2D eigenvalue weighted by atomic mass is 15.2. The van der Waals surface area contributed by atoms with Crippen LogP contribution in [-0.2, 0) is 12.8 Å². The lowest BCUT2D eigenvalue weighted by Crippen LogP contribution is -2.29. The molecule has 2 nitrogen and oxygen atoms in total. The summed E-state index contributed by atoms with van der Waals surface area (Å²) in [5.41, 5.74) is 9.47. The molecule has 20 heavy (non-hydrogen) atoms. The zero-order chi connectivity index (χ0) is 14.5. The summed E-state index contributed by atoms with van der Waals surface area (Å²) in [5.74, 6) is 5.75. The summed E-state index contributed by atoms with van der Waals surface area (Å²) in [4.78, 5) is 0. The number of nitrogens with one attached hydrogen (secondary N) is 1. The zero-order valence-electron chi connectivity index (χ0n) is 12.6. The summed E-state index contributed by atoms with van der Waals surface area (Å²) in [7, 11) is 0. The average molecular weight is 268 g/mol. The second-order valence-electron chi connectivity index (χ2n) is 5.51. The van der Waals surface area contributed by atoms with Gasteiger partial charge in [0.25, 0.3) is 0 Å². The Kier molecular flexibility index (Phi) is 4.94. The van der Waals surface area contributed by atoms with Crippen molar-refractivity contribution in [3.8, 4) is 0 Å². The van der Waals surface area contributed by atoms with Gasteiger partial charge in [-0.05, 0) is 43.4 Å². The zero-order valence-corrected chi connectivity index (χ0v) is 12.6. The quantitative estimate of drug-likeness (QED) is 0.642. The van der Waals surface area contributed by atoms with Gasteiger partial charge in [0, 0.05) is 6.04 Å². The van der Waals surface area contributed by atoms with Gasteiger partial charge in [-0.3, -0.25) is 11.3 Å². The molecule has 0 aromatic heterocycles. The number of hydrogen-bond acceptors (Lipinski definition) is 2. The van der Waals surface area contributed by atoms with Crippen LogP contribution >= 0.6 is 0 Å². The number of benzene rings is 2. The number of hydrazine groups is 1. The van der Waals surface area contributed by atoms with Gasteiger partial charge in [0.2, 0.25) is 0 Å². The Hall–Kier alpha value is -1.64. The van der Waals surface area contributed by atoms with Crippen LogP contribution in [0.1, 0.15) is 40.8 Å². The fraction of sp³-hybridized carbons (Fsp3) is 0.333. The molecule has 0 bridgehead atoms. The van der Waals surface area contributed by atoms with Gasteiger partial charge in [-0.15, -0.1) is 0 Å². The largest absolute Gasteiger partial charge is 0.271 e. The molecule has 0 radical (unpaired) electrons. The molecule has 0 fully saturated rings. The molecule has 0 saturated carbocycles. The van der Waals surface area contributed by atoms with Crippen molar-refractivity contribution < 1.29 is 0 Å². The van der Waals surface area contributed by atoms with Gasteiger partial charge in [-0.1, -0.05) is 60.5 Å². The summed E-state index contributed by atoms with van der Waals surface area (Å²) in [6.07, 6.45) is 1.97. The number of hydrogen-bond donors (Lipinski definition) is 2. The lowest BCUT2D eigenvalue weighted by Gasteiger charge is -2.17. The Morgan fingerprint density at radius 3 is 2.05 bits per heavy atom. The van der Waals surface area contributed by atoms with E-state index in [9.17, 15) is 0 Å². The Morgan fingerprint density at radius 2 is 1.55 bits per heavy atom. The molecule has 3 N–H and O–H groups in total. The van der Waals surface area contributed by atoms with Crippen molar-refractivity contribution in [2.75, 3.05) is 0 Å². The monoisotopic (exact) mass is 268 g/mol. The maximum Gasteiger partial charge on any atom is 0.0500 e. The van der Waals surface area contributed by atoms with Crippen LogP contribution in [0.4, 0.5) is 0 Å². The van der Waals surface area contributed by atoms with E-state index in [0.717, 1.165) is 12.8 Å². The molecule has 1 unspecified atom stereocenters. The van der Waals surface area contributed by atoms with Crippen LogP contribution in [0.3, 0.4) is 0 Å². The molecule has 2 heteroatoms. The Bertz CT molecular complexity index is 538. The number of nitrogens with two attached hydrogens (primary N) is 1. The topological polar surface area (TPSA) is 38.0 Å². The van der Waals surface area contributed by atoms with Crippen molar-refractivity contribution in [3.05, 3.63) is 70.3 Å². The van der Waals surface area contributed by atoms with E-state index in [1.165, 1.54) is 27.8 Å². The van der Waals surface area contributed by atoms with Crippen LogP contribution in [0.25, 0.3) is 0 Å². The normalized spacial score (nSPS) is 12.4. The minimum atomic E-state index is 0.155. The van der Waals surface area contributed by atoms with E-state index in [0.29, 0.717) is 0 Å². The standard InChI is InChI=1S/C18H24N2/c1-4-15-5-7-17(8-6-15)18(20-19)12-16-10-13(2)9-14(3)11-16/h5-11,18,20H,4,12,19H2,1-3H3. The fourth-order valence-corrected chi connectivity index (χ4v) is 2.68. The lowest BCUT2D eigenvalue weighted by atomic mass is 9.96. The van der Waals surface area contributed by atoms with Crippen molar-refractivity contribution in [3.63, 3.8) is 0 Å². The van der Waals surface area contributed by atoms with Gasteiger partial charge in [0.1, 0.15) is 0 Å². The first-order chi connectivity index (χ1) is 9.62. The van der Waals surface area contributed by atoms with Crippen molar-refractivity contribution in [1.29, 1.82) is 0 Å². The molecule has 0 aliphatic heterocycles. The highest BCUT2D eigenvalue weighted by molar-refractivity contribution is 5.31. The predicted molar refractivity (Wildman–Crippen MR) is 85.5 cm³/mol. The highest BCUT2D eigenvalue weighted by Gasteiger charge is 2.11. The van der Waals surface area contributed by atoms with E-state index in [1.807, 2.05) is 0 Å². The summed E-state index contributed by atoms with van der Waals surface area (Å²) >= 11 is 0. The molecule has 0 amide bonds. The highest BCUT2D eigenvalue weighted by Crippen LogP contribution is 2.20. The van der Waals surface area contributed by atoms with Crippen molar-refractivity contribution >= 4 is 0 Å². The Labute approximate surface area is 122 Å². The van der Waals surface area contributed by atoms with E-state index >= 15 is 0 Å². The third kappa shape index (κ3) is 3.69. The average Bonchev–Trinajstić information content (AvgIpc) is 2.44. The number of rotatable bonds is 5. The molecule has 0 spiro atoms. The predicted octanol–water partition coefficient (Wildman–Crippen LogP) is 3.61. The van der Waals surface area contributed by atoms with Gasteiger partial charge >= 0.3 is 0 Å². The smallest absolute Gasteiger partial charge is 0.0500 e. The van der Waals surface area contributed by atoms with Crippen LogP contribution in [-0.4, -0.2) is 0 Å². The molecule has 0 aliphatic rings. The van der Waals surface area contributed by atoms with Gasteiger partial charge in [0.05, 0.1) is 0 Å². The van der Waals surface area contributed by atoms with E-state index in [-0.39, 0.29) is 6.04 Å². The third-order valence-electron chi connectivity index (χ3n) is 3.71. The Balaban J connectivity index is 2.19. The maximum atomic E-state index is 5.75. The molecule has 0 saturated heterocycles. The second-order valence-corrected chi connectivity index (χ2v) is 5.51. The van der Waals surface area contributed by atoms with Crippen molar-refractivity contribution in [2.24, 2.45) is 5.84 Å². The van der Waals surface area contributed by atoms with Gasteiger partial charge < -0.3 is 0 Å². The maximum absolute atomic E-state index is 5.75. The Morgan fingerprint density at radius 1 is 0.950 bits per heavy atom. The molecular formula is C18H24N2. The summed E-state index contributed by atoms with van der Waals surface area (Å²) < 4.78 is 0. The second kappa shape index (κ2) is 6.69. The first-order valence-corrected chi connectivity index (χ1v) is 7.24. The summed E-state index contributed by atoms with van der Waals surface area (Å²) in [6.45, 7) is 6.44. The van der Waals surface area contributed by atoms with Gasteiger partial charge in [-0.2, -0.15) is 0 Å². The SMILES string of the molecule is CCc1ccc(C(Cc2cc(C)cc(C)c2)NN)cc1. The lowest BCUT2D eigenvalue weighted by molar-refractivity contribution is 0.551. The first-order valence-electron chi connectivity index (χ1n) is 7.24. The van der Waals surface area contributed by atoms with Gasteiger partial charge in [0.15, 0.2) is 0 Å². The van der Waals surface area contributed by atoms with Gasteiger partial charge in [-0.25, -0.2) is 0 Å². The fourth-order valence-electron chi connectivity index (χ4n) is 2.68. The van der Waals surface area contributed by atoms with E-state index < -0.39 is 0 Å². The van der Waals surface area contributed by atoms with Crippen LogP contribution in [0.2, 0.25) is 0 Å². The van der Waals surface area contributed by atoms with Crippen LogP contribution < -0.4 is 11.3 Å². The molecule has 1 atom stereocenters. The molecule has 106 valence electrons. The third-order valence-corrected chi connectivity index (χ3v) is 3.71. The van der Waals surface area contributed by atoms with E-state index in [1.54, 1.807) is 0 Å². The van der Waals surface area contributed by atoms with Crippen molar-refractivity contribution in [1.82, 2.24) is 5.43 Å². The van der Waals surface area contributed by atoms with Crippen LogP contribution in [0, 0.1) is 13.8 Å². The number of aryl methyl sites for hydroxylation is 3. The summed E-state index contributed by atoms with van der Waals surface area (Å²) in [6, 6.07) is 15.5. The summed E-state index contributed by atoms with van der Waals surface area (Å²) in [5, 5.41) is 0. The molecule has 0 aliphatic carbocycles. The molecule has 2 aromatic carbocycles. The molecule has 2 rings (SSSR count). The molecule has 0 heterocycles. The minimum absolute atomic E-state index is 0.155. The molecular weight excluding hydrogens is 244 g/mol. The van der Waals surface area contributed by atoms with Crippen LogP contribution in [0.5, 0.6) is 0 Å².